The van der Waals surface area contributed by atoms with Crippen LogP contribution in [-0.4, -0.2) is 73.4 Å². The Bertz CT molecular complexity index is 1230. The van der Waals surface area contributed by atoms with Crippen LogP contribution in [0.25, 0.3) is 0 Å². The summed E-state index contributed by atoms with van der Waals surface area (Å²) in [5.41, 5.74) is 0. The summed E-state index contributed by atoms with van der Waals surface area (Å²) in [4.78, 5) is 23.2. The van der Waals surface area contributed by atoms with E-state index in [1.54, 1.807) is 6.08 Å². The Morgan fingerprint density at radius 1 is 0.493 bits per heavy atom. The van der Waals surface area contributed by atoms with Crippen LogP contribution in [0.5, 0.6) is 0 Å². The average Bonchev–Trinajstić information content (AvgIpc) is 3.29. The molecule has 1 amide bonds. The van der Waals surface area contributed by atoms with Gasteiger partial charge in [0.25, 0.3) is 0 Å². The molecule has 0 aromatic carbocycles. The highest BCUT2D eigenvalue weighted by Gasteiger charge is 2.27. The van der Waals surface area contributed by atoms with E-state index in [0.717, 1.165) is 44.9 Å². The molecule has 394 valence electrons. The number of aliphatic hydroxyl groups excluding tert-OH is 1. The molecule has 0 saturated heterocycles. The topological polar surface area (TPSA) is 105 Å². The van der Waals surface area contributed by atoms with Gasteiger partial charge in [-0.15, -0.1) is 0 Å². The van der Waals surface area contributed by atoms with E-state index in [1.165, 1.54) is 199 Å². The fourth-order valence-electron chi connectivity index (χ4n) is 8.25. The van der Waals surface area contributed by atoms with Crippen LogP contribution < -0.4 is 5.32 Å². The molecule has 3 unspecified atom stereocenters. The standard InChI is InChI=1S/C58H111N2O6P/c1-6-8-10-12-14-16-18-20-22-23-24-25-26-27-28-29-30-31-32-33-34-35-36-38-40-42-44-46-48-50-52-58(62)59-56(55-66-67(63,64)65-54-53-60(3,4)5)57(61)51-49-47-45-43-41-39-37-21-19-17-15-13-11-9-7-2/h19,21,27-28,41,43,49,51,56-57,61H,6-18,20,22-26,29-40,42,44-48,50,52-55H2,1-5H3,(H-,59,62,63,64)/p+1/b21-19+,28-27-,43-41+,51-49+. The van der Waals surface area contributed by atoms with Crippen LogP contribution in [-0.2, 0) is 18.4 Å². The van der Waals surface area contributed by atoms with Gasteiger partial charge in [-0.3, -0.25) is 13.8 Å². The third-order valence-corrected chi connectivity index (χ3v) is 13.7. The summed E-state index contributed by atoms with van der Waals surface area (Å²) in [6, 6.07) is -0.869. The summed E-state index contributed by atoms with van der Waals surface area (Å²) in [6.07, 6.45) is 65.1. The van der Waals surface area contributed by atoms with Gasteiger partial charge in [0.05, 0.1) is 39.9 Å². The summed E-state index contributed by atoms with van der Waals surface area (Å²) in [5, 5.41) is 13.9. The number of phosphoric acid groups is 1. The molecule has 0 aliphatic rings. The van der Waals surface area contributed by atoms with Crippen molar-refractivity contribution in [1.82, 2.24) is 5.32 Å². The molecular weight excluding hydrogens is 852 g/mol. The lowest BCUT2D eigenvalue weighted by molar-refractivity contribution is -0.870. The molecule has 0 aliphatic carbocycles. The molecule has 0 radical (unpaired) electrons. The molecule has 3 N–H and O–H groups in total. The SMILES string of the molecule is CCCCCCC/C=C/CC/C=C/CC/C=C/C(O)C(COP(=O)(O)OCC[N+](C)(C)C)NC(=O)CCCCCCCCCCCCCCCC/C=C\CCCCCCCCCCCCCC. The van der Waals surface area contributed by atoms with Gasteiger partial charge in [-0.25, -0.2) is 4.57 Å². The van der Waals surface area contributed by atoms with E-state index in [0.29, 0.717) is 17.4 Å². The van der Waals surface area contributed by atoms with Gasteiger partial charge in [-0.1, -0.05) is 236 Å². The number of quaternary nitrogens is 1. The second-order valence-corrected chi connectivity index (χ2v) is 22.1. The fraction of sp³-hybridized carbons (Fsp3) is 0.845. The zero-order chi connectivity index (χ0) is 49.2. The Balaban J connectivity index is 4.13. The van der Waals surface area contributed by atoms with Gasteiger partial charge in [0, 0.05) is 6.42 Å². The van der Waals surface area contributed by atoms with Crippen LogP contribution in [0.3, 0.4) is 0 Å². The van der Waals surface area contributed by atoms with Crippen molar-refractivity contribution in [2.45, 2.75) is 276 Å². The molecule has 0 aliphatic heterocycles. The Labute approximate surface area is 416 Å². The lowest BCUT2D eigenvalue weighted by atomic mass is 10.0. The summed E-state index contributed by atoms with van der Waals surface area (Å²) in [7, 11) is 1.55. The Morgan fingerprint density at radius 2 is 0.821 bits per heavy atom. The molecule has 0 heterocycles. The fourth-order valence-corrected chi connectivity index (χ4v) is 8.98. The molecule has 67 heavy (non-hydrogen) atoms. The lowest BCUT2D eigenvalue weighted by Crippen LogP contribution is -2.45. The summed E-state index contributed by atoms with van der Waals surface area (Å²) < 4.78 is 23.6. The Hall–Kier alpha value is -1.54. The van der Waals surface area contributed by atoms with Crippen molar-refractivity contribution < 1.29 is 32.9 Å². The number of nitrogens with zero attached hydrogens (tertiary/aromatic N) is 1. The zero-order valence-corrected chi connectivity index (χ0v) is 45.8. The van der Waals surface area contributed by atoms with E-state index >= 15 is 0 Å². The van der Waals surface area contributed by atoms with Crippen LogP contribution in [0, 0.1) is 0 Å². The number of likely N-dealkylation sites (N-methyl/N-ethyl adjacent to an activating group) is 1. The minimum atomic E-state index is -4.36. The van der Waals surface area contributed by atoms with Gasteiger partial charge >= 0.3 is 7.82 Å². The third kappa shape index (κ3) is 52.1. The number of nitrogens with one attached hydrogen (secondary N) is 1. The number of unbranched alkanes of at least 4 members (excludes halogenated alkanes) is 33. The average molecular weight is 965 g/mol. The monoisotopic (exact) mass is 964 g/mol. The van der Waals surface area contributed by atoms with E-state index in [9.17, 15) is 19.4 Å². The molecule has 0 saturated carbocycles. The molecule has 0 bridgehead atoms. The highest BCUT2D eigenvalue weighted by molar-refractivity contribution is 7.47. The minimum Gasteiger partial charge on any atom is -0.387 e. The van der Waals surface area contributed by atoms with Crippen molar-refractivity contribution >= 4 is 13.7 Å². The molecule has 9 heteroatoms. The van der Waals surface area contributed by atoms with Gasteiger partial charge < -0.3 is 19.8 Å². The lowest BCUT2D eigenvalue weighted by Gasteiger charge is -2.25. The predicted molar refractivity (Wildman–Crippen MR) is 291 cm³/mol. The number of phosphoric ester groups is 1. The van der Waals surface area contributed by atoms with Crippen LogP contribution in [0.4, 0.5) is 0 Å². The van der Waals surface area contributed by atoms with Crippen molar-refractivity contribution in [2.75, 3.05) is 40.9 Å². The first-order chi connectivity index (χ1) is 32.5. The van der Waals surface area contributed by atoms with Crippen LogP contribution in [0.1, 0.15) is 264 Å². The number of aliphatic hydroxyl groups is 1. The van der Waals surface area contributed by atoms with E-state index in [-0.39, 0.29) is 19.1 Å². The summed E-state index contributed by atoms with van der Waals surface area (Å²) >= 11 is 0. The molecular formula is C58H112N2O6P+. The molecule has 0 rings (SSSR count). The number of rotatable bonds is 52. The Morgan fingerprint density at radius 3 is 1.19 bits per heavy atom. The largest absolute Gasteiger partial charge is 0.472 e. The number of carbonyl (C=O) groups excluding carboxylic acids is 1. The van der Waals surface area contributed by atoms with E-state index in [2.05, 4.69) is 55.6 Å². The van der Waals surface area contributed by atoms with Crippen molar-refractivity contribution in [3.8, 4) is 0 Å². The van der Waals surface area contributed by atoms with E-state index in [1.807, 2.05) is 27.2 Å². The normalized spacial score (nSPS) is 14.3. The number of allylic oxidation sites excluding steroid dienone is 7. The highest BCUT2D eigenvalue weighted by atomic mass is 31.2. The predicted octanol–water partition coefficient (Wildman–Crippen LogP) is 17.2. The van der Waals surface area contributed by atoms with Gasteiger partial charge in [0.15, 0.2) is 0 Å². The van der Waals surface area contributed by atoms with Crippen molar-refractivity contribution in [3.05, 3.63) is 48.6 Å². The Kier molecular flexibility index (Phi) is 48.3. The van der Waals surface area contributed by atoms with Gasteiger partial charge in [-0.05, 0) is 70.6 Å². The first-order valence-corrected chi connectivity index (χ1v) is 30.0. The van der Waals surface area contributed by atoms with Crippen molar-refractivity contribution in [3.63, 3.8) is 0 Å². The van der Waals surface area contributed by atoms with Crippen LogP contribution in [0.15, 0.2) is 48.6 Å². The van der Waals surface area contributed by atoms with E-state index < -0.39 is 20.0 Å². The van der Waals surface area contributed by atoms with Crippen molar-refractivity contribution in [2.24, 2.45) is 0 Å². The zero-order valence-electron chi connectivity index (χ0n) is 44.9. The molecule has 3 atom stereocenters. The number of amides is 1. The third-order valence-electron chi connectivity index (χ3n) is 12.7. The summed E-state index contributed by atoms with van der Waals surface area (Å²) in [6.45, 7) is 4.79. The first-order valence-electron chi connectivity index (χ1n) is 28.5. The van der Waals surface area contributed by atoms with Gasteiger partial charge in [0.1, 0.15) is 13.2 Å². The molecule has 0 spiro atoms. The minimum absolute atomic E-state index is 0.0534. The molecule has 8 nitrogen and oxygen atoms in total. The van der Waals surface area contributed by atoms with Gasteiger partial charge in [0.2, 0.25) is 5.91 Å². The van der Waals surface area contributed by atoms with Crippen LogP contribution in [0.2, 0.25) is 0 Å². The number of hydrogen-bond acceptors (Lipinski definition) is 5. The molecule has 0 aromatic heterocycles. The second kappa shape index (κ2) is 49.4. The van der Waals surface area contributed by atoms with E-state index in [4.69, 9.17) is 9.05 Å². The quantitative estimate of drug-likeness (QED) is 0.0243. The highest BCUT2D eigenvalue weighted by Crippen LogP contribution is 2.43. The molecule has 0 aromatic rings. The molecule has 0 fully saturated rings. The number of hydrogen-bond donors (Lipinski definition) is 3. The number of carbonyl (C=O) groups is 1. The van der Waals surface area contributed by atoms with Crippen LogP contribution >= 0.6 is 7.82 Å². The smallest absolute Gasteiger partial charge is 0.387 e. The maximum Gasteiger partial charge on any atom is 0.472 e. The maximum atomic E-state index is 13.0. The van der Waals surface area contributed by atoms with Gasteiger partial charge in [-0.2, -0.15) is 0 Å². The van der Waals surface area contributed by atoms with Crippen molar-refractivity contribution in [1.29, 1.82) is 0 Å². The second-order valence-electron chi connectivity index (χ2n) is 20.6. The first kappa shape index (κ1) is 65.5. The maximum absolute atomic E-state index is 13.0. The summed E-state index contributed by atoms with van der Waals surface area (Å²) in [5.74, 6) is -0.190.